The van der Waals surface area contributed by atoms with Crippen LogP contribution >= 0.6 is 0 Å². The lowest BCUT2D eigenvalue weighted by molar-refractivity contribution is 0.0954. The molecule has 5 nitrogen and oxygen atoms in total. The average Bonchev–Trinajstić information content (AvgIpc) is 2.84. The smallest absolute Gasteiger partial charge is 0.256 e. The van der Waals surface area contributed by atoms with Crippen LogP contribution in [0, 0.1) is 0 Å². The number of anilines is 1. The van der Waals surface area contributed by atoms with E-state index in [1.165, 1.54) is 0 Å². The van der Waals surface area contributed by atoms with E-state index >= 15 is 0 Å². The molecule has 0 aliphatic heterocycles. The zero-order valence-corrected chi connectivity index (χ0v) is 18.0. The molecular weight excluding hydrogens is 398 g/mol. The summed E-state index contributed by atoms with van der Waals surface area (Å²) in [7, 11) is 0. The van der Waals surface area contributed by atoms with Gasteiger partial charge in [0, 0.05) is 17.5 Å². The number of para-hydroxylation sites is 2. The number of carbonyl (C=O) groups is 2. The maximum atomic E-state index is 13.4. The van der Waals surface area contributed by atoms with Gasteiger partial charge in [0.2, 0.25) is 0 Å². The first kappa shape index (κ1) is 21.2. The first-order valence-electron chi connectivity index (χ1n) is 10.8. The number of nitrogens with zero attached hydrogens (tertiary/aromatic N) is 1. The van der Waals surface area contributed by atoms with Crippen molar-refractivity contribution in [3.8, 4) is 11.3 Å². The van der Waals surface area contributed by atoms with Crippen LogP contribution in [0.4, 0.5) is 5.69 Å². The third kappa shape index (κ3) is 4.67. The van der Waals surface area contributed by atoms with Crippen LogP contribution < -0.4 is 10.6 Å². The highest BCUT2D eigenvalue weighted by atomic mass is 16.2. The molecule has 4 rings (SSSR count). The van der Waals surface area contributed by atoms with E-state index in [2.05, 4.69) is 17.6 Å². The van der Waals surface area contributed by atoms with Gasteiger partial charge in [-0.25, -0.2) is 4.98 Å². The lowest BCUT2D eigenvalue weighted by Crippen LogP contribution is -2.26. The number of aromatic nitrogens is 1. The van der Waals surface area contributed by atoms with Gasteiger partial charge in [-0.1, -0.05) is 74.0 Å². The maximum absolute atomic E-state index is 13.4. The van der Waals surface area contributed by atoms with Crippen molar-refractivity contribution in [1.82, 2.24) is 10.3 Å². The molecule has 0 aliphatic carbocycles. The van der Waals surface area contributed by atoms with E-state index < -0.39 is 0 Å². The molecule has 160 valence electrons. The van der Waals surface area contributed by atoms with E-state index in [9.17, 15) is 9.59 Å². The first-order valence-corrected chi connectivity index (χ1v) is 10.8. The number of hydrogen-bond donors (Lipinski definition) is 2. The van der Waals surface area contributed by atoms with E-state index in [0.717, 1.165) is 35.0 Å². The highest BCUT2D eigenvalue weighted by Crippen LogP contribution is 2.26. The number of pyridine rings is 1. The summed E-state index contributed by atoms with van der Waals surface area (Å²) in [5.41, 5.74) is 3.83. The molecule has 3 aromatic carbocycles. The molecule has 0 fully saturated rings. The number of benzene rings is 3. The number of unbranched alkanes of at least 4 members (excludes halogenated alkanes) is 1. The van der Waals surface area contributed by atoms with E-state index in [4.69, 9.17) is 4.98 Å². The monoisotopic (exact) mass is 423 g/mol. The van der Waals surface area contributed by atoms with Crippen molar-refractivity contribution < 1.29 is 9.59 Å². The zero-order chi connectivity index (χ0) is 22.3. The minimum absolute atomic E-state index is 0.195. The van der Waals surface area contributed by atoms with Crippen LogP contribution in [0.2, 0.25) is 0 Å². The number of fused-ring (bicyclic) bond motifs is 1. The Morgan fingerprint density at radius 2 is 1.53 bits per heavy atom. The maximum Gasteiger partial charge on any atom is 0.256 e. The molecule has 5 heteroatoms. The number of carbonyl (C=O) groups excluding carboxylic acids is 2. The fourth-order valence-corrected chi connectivity index (χ4v) is 3.57. The SMILES string of the molecule is CCCCNC(=O)c1ccccc1NC(=O)c1cc(-c2ccccc2)nc2ccccc12. The van der Waals surface area contributed by atoms with Gasteiger partial charge in [-0.15, -0.1) is 0 Å². The van der Waals surface area contributed by atoms with Crippen molar-refractivity contribution in [2.24, 2.45) is 0 Å². The van der Waals surface area contributed by atoms with Crippen molar-refractivity contribution >= 4 is 28.4 Å². The standard InChI is InChI=1S/C27H25N3O2/c1-2-3-17-28-26(31)21-14-8-10-16-24(21)30-27(32)22-18-25(19-11-5-4-6-12-19)29-23-15-9-7-13-20(22)23/h4-16,18H,2-3,17H2,1H3,(H,28,31)(H,30,32). The van der Waals surface area contributed by atoms with Gasteiger partial charge in [0.1, 0.15) is 0 Å². The Kier molecular flexibility index (Phi) is 6.56. The summed E-state index contributed by atoms with van der Waals surface area (Å²) in [4.78, 5) is 30.8. The fourth-order valence-electron chi connectivity index (χ4n) is 3.57. The van der Waals surface area contributed by atoms with E-state index in [0.29, 0.717) is 23.4 Å². The quantitative estimate of drug-likeness (QED) is 0.376. The van der Waals surface area contributed by atoms with Crippen LogP contribution in [0.25, 0.3) is 22.2 Å². The second-order valence-corrected chi connectivity index (χ2v) is 7.55. The Bertz CT molecular complexity index is 1250. The van der Waals surface area contributed by atoms with Gasteiger partial charge in [-0.3, -0.25) is 9.59 Å². The normalized spacial score (nSPS) is 10.7. The van der Waals surface area contributed by atoms with Gasteiger partial charge in [-0.05, 0) is 30.7 Å². The summed E-state index contributed by atoms with van der Waals surface area (Å²) in [6.07, 6.45) is 1.91. The van der Waals surface area contributed by atoms with Crippen LogP contribution in [-0.2, 0) is 0 Å². The van der Waals surface area contributed by atoms with Crippen LogP contribution in [0.3, 0.4) is 0 Å². The predicted molar refractivity (Wildman–Crippen MR) is 129 cm³/mol. The molecule has 0 bridgehead atoms. The second kappa shape index (κ2) is 9.88. The van der Waals surface area contributed by atoms with Crippen molar-refractivity contribution in [2.45, 2.75) is 19.8 Å². The van der Waals surface area contributed by atoms with Crippen LogP contribution in [0.15, 0.2) is 84.9 Å². The third-order valence-corrected chi connectivity index (χ3v) is 5.27. The van der Waals surface area contributed by atoms with Gasteiger partial charge in [0.25, 0.3) is 11.8 Å². The van der Waals surface area contributed by atoms with Crippen molar-refractivity contribution in [1.29, 1.82) is 0 Å². The van der Waals surface area contributed by atoms with E-state index in [1.807, 2.05) is 54.6 Å². The topological polar surface area (TPSA) is 71.1 Å². The minimum atomic E-state index is -0.283. The molecule has 0 saturated carbocycles. The van der Waals surface area contributed by atoms with Gasteiger partial charge in [-0.2, -0.15) is 0 Å². The van der Waals surface area contributed by atoms with E-state index in [-0.39, 0.29) is 11.8 Å². The summed E-state index contributed by atoms with van der Waals surface area (Å²) < 4.78 is 0. The molecule has 4 aromatic rings. The predicted octanol–water partition coefficient (Wildman–Crippen LogP) is 5.68. The molecule has 32 heavy (non-hydrogen) atoms. The van der Waals surface area contributed by atoms with Crippen LogP contribution in [0.5, 0.6) is 0 Å². The minimum Gasteiger partial charge on any atom is -0.352 e. The summed E-state index contributed by atoms with van der Waals surface area (Å²) in [5.74, 6) is -0.478. The van der Waals surface area contributed by atoms with Gasteiger partial charge in [0.15, 0.2) is 0 Å². The van der Waals surface area contributed by atoms with Crippen LogP contribution in [-0.4, -0.2) is 23.3 Å². The largest absolute Gasteiger partial charge is 0.352 e. The molecule has 0 aliphatic rings. The summed E-state index contributed by atoms with van der Waals surface area (Å²) >= 11 is 0. The number of amides is 2. The molecule has 1 heterocycles. The first-order chi connectivity index (χ1) is 15.7. The molecular formula is C27H25N3O2. The number of rotatable bonds is 7. The lowest BCUT2D eigenvalue weighted by Gasteiger charge is -2.13. The van der Waals surface area contributed by atoms with Crippen molar-refractivity contribution in [3.05, 3.63) is 96.1 Å². The molecule has 0 spiro atoms. The number of hydrogen-bond acceptors (Lipinski definition) is 3. The average molecular weight is 424 g/mol. The van der Waals surface area contributed by atoms with E-state index in [1.54, 1.807) is 30.3 Å². The molecule has 0 unspecified atom stereocenters. The highest BCUT2D eigenvalue weighted by molar-refractivity contribution is 6.15. The Labute approximate surface area is 187 Å². The molecule has 0 radical (unpaired) electrons. The Morgan fingerprint density at radius 1 is 0.812 bits per heavy atom. The fraction of sp³-hybridized carbons (Fsp3) is 0.148. The number of nitrogens with one attached hydrogen (secondary N) is 2. The second-order valence-electron chi connectivity index (χ2n) is 7.55. The van der Waals surface area contributed by atoms with Crippen molar-refractivity contribution in [2.75, 3.05) is 11.9 Å². The Morgan fingerprint density at radius 3 is 2.34 bits per heavy atom. The Hall–Kier alpha value is -3.99. The molecule has 1 aromatic heterocycles. The van der Waals surface area contributed by atoms with Gasteiger partial charge >= 0.3 is 0 Å². The molecule has 2 amide bonds. The molecule has 0 atom stereocenters. The van der Waals surface area contributed by atoms with Gasteiger partial charge in [0.05, 0.1) is 28.0 Å². The summed E-state index contributed by atoms with van der Waals surface area (Å²) in [6, 6.07) is 26.2. The van der Waals surface area contributed by atoms with Gasteiger partial charge < -0.3 is 10.6 Å². The third-order valence-electron chi connectivity index (χ3n) is 5.27. The van der Waals surface area contributed by atoms with Crippen molar-refractivity contribution in [3.63, 3.8) is 0 Å². The molecule has 2 N–H and O–H groups in total. The Balaban J connectivity index is 1.69. The highest BCUT2D eigenvalue weighted by Gasteiger charge is 2.17. The lowest BCUT2D eigenvalue weighted by atomic mass is 10.0. The summed E-state index contributed by atoms with van der Waals surface area (Å²) in [5, 5.41) is 6.61. The molecule has 0 saturated heterocycles. The summed E-state index contributed by atoms with van der Waals surface area (Å²) in [6.45, 7) is 2.68. The zero-order valence-electron chi connectivity index (χ0n) is 18.0. The van der Waals surface area contributed by atoms with Crippen LogP contribution in [0.1, 0.15) is 40.5 Å².